The molecule has 0 radical (unpaired) electrons. The zero-order valence-electron chi connectivity index (χ0n) is 28.3. The molecular weight excluding hydrogens is 576 g/mol. The smallest absolute Gasteiger partial charge is 0.312 e. The zero-order valence-corrected chi connectivity index (χ0v) is 28.3. The van der Waals surface area contributed by atoms with Gasteiger partial charge in [-0.1, -0.05) is 60.1 Å². The van der Waals surface area contributed by atoms with Crippen molar-refractivity contribution in [3.05, 3.63) is 11.6 Å². The van der Waals surface area contributed by atoms with Crippen molar-refractivity contribution < 1.29 is 44.9 Å². The Morgan fingerprint density at radius 3 is 2.22 bits per heavy atom. The second-order valence-corrected chi connectivity index (χ2v) is 18.0. The highest BCUT2D eigenvalue weighted by Crippen LogP contribution is 2.76. The number of aliphatic hydroxyl groups excluding tert-OH is 5. The number of aliphatic carboxylic acids is 1. The highest BCUT2D eigenvalue weighted by atomic mass is 16.7. The predicted octanol–water partition coefficient (Wildman–Crippen LogP) is 4.03. The third-order valence-electron chi connectivity index (χ3n) is 15.2. The number of ether oxygens (including phenoxy) is 2. The minimum absolute atomic E-state index is 0.0210. The number of hydrogen-bond donors (Lipinski definition) is 6. The van der Waals surface area contributed by atoms with Crippen LogP contribution in [0.4, 0.5) is 0 Å². The van der Waals surface area contributed by atoms with Crippen LogP contribution in [0.15, 0.2) is 11.6 Å². The van der Waals surface area contributed by atoms with Crippen LogP contribution in [0.1, 0.15) is 106 Å². The molecule has 0 spiro atoms. The molecule has 1 aliphatic heterocycles. The minimum atomic E-state index is -1.47. The molecule has 0 aromatic heterocycles. The molecule has 6 aliphatic rings. The van der Waals surface area contributed by atoms with Crippen LogP contribution in [0.2, 0.25) is 0 Å². The molecule has 0 unspecified atom stereocenters. The van der Waals surface area contributed by atoms with E-state index in [2.05, 4.69) is 54.5 Å². The highest BCUT2D eigenvalue weighted by Gasteiger charge is 2.71. The van der Waals surface area contributed by atoms with E-state index < -0.39 is 54.8 Å². The molecule has 45 heavy (non-hydrogen) atoms. The van der Waals surface area contributed by atoms with E-state index in [1.54, 1.807) is 0 Å². The van der Waals surface area contributed by atoms with Crippen molar-refractivity contribution >= 4 is 5.97 Å². The summed E-state index contributed by atoms with van der Waals surface area (Å²) in [5.74, 6) is -0.382. The van der Waals surface area contributed by atoms with Gasteiger partial charge in [-0.15, -0.1) is 0 Å². The van der Waals surface area contributed by atoms with Crippen LogP contribution in [0.3, 0.4) is 0 Å². The van der Waals surface area contributed by atoms with Gasteiger partial charge in [-0.3, -0.25) is 4.79 Å². The molecule has 0 aromatic carbocycles. The second-order valence-electron chi connectivity index (χ2n) is 18.0. The number of hydrogen-bond acceptors (Lipinski definition) is 8. The summed E-state index contributed by atoms with van der Waals surface area (Å²) in [5, 5.41) is 63.5. The average Bonchev–Trinajstić information content (AvgIpc) is 2.94. The van der Waals surface area contributed by atoms with E-state index in [-0.39, 0.29) is 39.1 Å². The Morgan fingerprint density at radius 1 is 0.889 bits per heavy atom. The molecule has 9 heteroatoms. The lowest BCUT2D eigenvalue weighted by molar-refractivity contribution is -0.330. The average molecular weight is 635 g/mol. The molecule has 4 saturated carbocycles. The van der Waals surface area contributed by atoms with Crippen molar-refractivity contribution in [2.45, 2.75) is 149 Å². The minimum Gasteiger partial charge on any atom is -0.481 e. The van der Waals surface area contributed by atoms with E-state index in [1.807, 2.05) is 0 Å². The predicted molar refractivity (Wildman–Crippen MR) is 167 cm³/mol. The zero-order chi connectivity index (χ0) is 33.1. The van der Waals surface area contributed by atoms with Gasteiger partial charge in [-0.25, -0.2) is 0 Å². The molecule has 1 saturated heterocycles. The maximum atomic E-state index is 13.0. The molecular formula is C36H58O9. The standard InChI is InChI=1S/C36H58O9/c1-31(2)14-15-36(30(42)43)20(16-31)19-8-9-23-33(5)12-11-25(45-29-28(41)27(40)26(39)21(18-37)44-29)32(3,4)22(33)10-13-34(23,6)35(19,7)17-24(36)38/h8,20-29,37-41H,9-18H2,1-7H3,(H,42,43)/t20-,21+,22-,23+,24+,25-,26+,27-,28+,29-,33+,34-,35-,36-/m1/s1. The van der Waals surface area contributed by atoms with Gasteiger partial charge in [0.25, 0.3) is 0 Å². The van der Waals surface area contributed by atoms with Crippen LogP contribution in [0, 0.1) is 50.2 Å². The second kappa shape index (κ2) is 10.7. The number of rotatable bonds is 4. The van der Waals surface area contributed by atoms with Crippen molar-refractivity contribution in [1.29, 1.82) is 0 Å². The molecule has 0 amide bonds. The van der Waals surface area contributed by atoms with E-state index >= 15 is 0 Å². The number of carboxylic acid groups (broad SMARTS) is 1. The lowest BCUT2D eigenvalue weighted by Crippen LogP contribution is -2.68. The lowest BCUT2D eigenvalue weighted by Gasteiger charge is -2.71. The molecule has 0 aromatic rings. The van der Waals surface area contributed by atoms with Crippen LogP contribution >= 0.6 is 0 Å². The van der Waals surface area contributed by atoms with Gasteiger partial charge < -0.3 is 40.1 Å². The van der Waals surface area contributed by atoms with Crippen molar-refractivity contribution in [2.24, 2.45) is 50.2 Å². The highest BCUT2D eigenvalue weighted by molar-refractivity contribution is 5.77. The molecule has 1 heterocycles. The van der Waals surface area contributed by atoms with Gasteiger partial charge in [0, 0.05) is 0 Å². The van der Waals surface area contributed by atoms with Crippen molar-refractivity contribution in [2.75, 3.05) is 6.61 Å². The van der Waals surface area contributed by atoms with Crippen LogP contribution in [-0.4, -0.2) is 86.1 Å². The Morgan fingerprint density at radius 2 is 1.58 bits per heavy atom. The van der Waals surface area contributed by atoms with Gasteiger partial charge in [0.1, 0.15) is 29.8 Å². The number of allylic oxidation sites excluding steroid dienone is 2. The van der Waals surface area contributed by atoms with Crippen LogP contribution < -0.4 is 0 Å². The molecule has 5 fully saturated rings. The first-order valence-electron chi connectivity index (χ1n) is 17.4. The monoisotopic (exact) mass is 634 g/mol. The summed E-state index contributed by atoms with van der Waals surface area (Å²) in [6.45, 7) is 15.6. The molecule has 256 valence electrons. The topological polar surface area (TPSA) is 157 Å². The lowest BCUT2D eigenvalue weighted by atomic mass is 9.33. The van der Waals surface area contributed by atoms with Crippen molar-refractivity contribution in [3.63, 3.8) is 0 Å². The Balaban J connectivity index is 1.31. The summed E-state index contributed by atoms with van der Waals surface area (Å²) in [6.07, 6.45) is 1.79. The summed E-state index contributed by atoms with van der Waals surface area (Å²) in [7, 11) is 0. The third-order valence-corrected chi connectivity index (χ3v) is 15.2. The number of carbonyl (C=O) groups is 1. The normalized spacial score (nSPS) is 53.6. The molecule has 0 bridgehead atoms. The van der Waals surface area contributed by atoms with E-state index in [9.17, 15) is 35.4 Å². The summed E-state index contributed by atoms with van der Waals surface area (Å²) >= 11 is 0. The Hall–Kier alpha value is -1.07. The molecule has 6 rings (SSSR count). The van der Waals surface area contributed by atoms with Gasteiger partial charge in [0.15, 0.2) is 6.29 Å². The molecule has 9 nitrogen and oxygen atoms in total. The SMILES string of the molecule is CC1(C)CC[C@@]2(C(=O)O)[C@H](C1)C1=CC[C@H]3[C@@]4(C)CC[C@@H](O[C@H]5O[C@@H](CO)[C@H](O)[C@@H](O)[C@@H]5O)C(C)(C)[C@H]4CC[C@@]3(C)[C@]1(C)C[C@@H]2O. The summed E-state index contributed by atoms with van der Waals surface area (Å²) in [5.41, 5.74) is -0.571. The van der Waals surface area contributed by atoms with Gasteiger partial charge in [-0.2, -0.15) is 0 Å². The maximum Gasteiger partial charge on any atom is 0.312 e. The van der Waals surface area contributed by atoms with Crippen LogP contribution in [0.5, 0.6) is 0 Å². The quantitative estimate of drug-likeness (QED) is 0.199. The van der Waals surface area contributed by atoms with Gasteiger partial charge in [0.2, 0.25) is 0 Å². The number of aliphatic hydroxyl groups is 5. The van der Waals surface area contributed by atoms with Crippen molar-refractivity contribution in [3.8, 4) is 0 Å². The first-order chi connectivity index (χ1) is 20.8. The van der Waals surface area contributed by atoms with Crippen LogP contribution in [-0.2, 0) is 14.3 Å². The summed E-state index contributed by atoms with van der Waals surface area (Å²) < 4.78 is 12.2. The van der Waals surface area contributed by atoms with Gasteiger partial charge in [-0.05, 0) is 103 Å². The maximum absolute atomic E-state index is 13.0. The third kappa shape index (κ3) is 4.54. The van der Waals surface area contributed by atoms with E-state index in [1.165, 1.54) is 5.57 Å². The molecule has 5 aliphatic carbocycles. The molecule has 14 atom stereocenters. The van der Waals surface area contributed by atoms with Gasteiger partial charge >= 0.3 is 5.97 Å². The van der Waals surface area contributed by atoms with Crippen molar-refractivity contribution in [1.82, 2.24) is 0 Å². The fourth-order valence-electron chi connectivity index (χ4n) is 12.3. The van der Waals surface area contributed by atoms with E-state index in [0.29, 0.717) is 24.7 Å². The van der Waals surface area contributed by atoms with E-state index in [0.717, 1.165) is 44.9 Å². The van der Waals surface area contributed by atoms with Crippen LogP contribution in [0.25, 0.3) is 0 Å². The Labute approximate surface area is 268 Å². The summed E-state index contributed by atoms with van der Waals surface area (Å²) in [4.78, 5) is 13.0. The fraction of sp³-hybridized carbons (Fsp3) is 0.917. The first kappa shape index (κ1) is 33.8. The number of carboxylic acids is 1. The first-order valence-corrected chi connectivity index (χ1v) is 17.4. The Kier molecular flexibility index (Phi) is 8.05. The molecule has 6 N–H and O–H groups in total. The Bertz CT molecular complexity index is 1210. The van der Waals surface area contributed by atoms with E-state index in [4.69, 9.17) is 9.47 Å². The largest absolute Gasteiger partial charge is 0.481 e. The fourth-order valence-corrected chi connectivity index (χ4v) is 12.3. The van der Waals surface area contributed by atoms with Gasteiger partial charge in [0.05, 0.1) is 18.8 Å². The summed E-state index contributed by atoms with van der Waals surface area (Å²) in [6, 6.07) is 0. The number of fused-ring (bicyclic) bond motifs is 7.